The fourth-order valence-electron chi connectivity index (χ4n) is 3.54. The van der Waals surface area contributed by atoms with E-state index < -0.39 is 0 Å². The molecule has 5 aromatic rings. The maximum absolute atomic E-state index is 5.83. The predicted molar refractivity (Wildman–Crippen MR) is 113 cm³/mol. The van der Waals surface area contributed by atoms with E-state index in [-0.39, 0.29) is 0 Å². The Morgan fingerprint density at radius 2 is 1.86 bits per heavy atom. The molecule has 4 nitrogen and oxygen atoms in total. The molecule has 28 heavy (non-hydrogen) atoms. The number of anilines is 1. The first-order valence-electron chi connectivity index (χ1n) is 9.29. The van der Waals surface area contributed by atoms with E-state index in [0.717, 1.165) is 51.0 Å². The van der Waals surface area contributed by atoms with Gasteiger partial charge in [0.2, 0.25) is 0 Å². The molecular formula is C24H19N3O. The molecule has 0 radical (unpaired) electrons. The highest BCUT2D eigenvalue weighted by Crippen LogP contribution is 2.30. The van der Waals surface area contributed by atoms with Gasteiger partial charge >= 0.3 is 0 Å². The summed E-state index contributed by atoms with van der Waals surface area (Å²) in [5.41, 5.74) is 4.29. The Hall–Kier alpha value is -3.66. The Morgan fingerprint density at radius 1 is 0.929 bits per heavy atom. The third kappa shape index (κ3) is 2.99. The zero-order valence-electron chi connectivity index (χ0n) is 15.5. The number of benzene rings is 2. The molecule has 0 atom stereocenters. The standard InChI is InChI=1S/C24H19N3O/c1-16-6-9-24(28-16)21-15-25-14-18-8-7-17(12-20(18)21)13-27-23-10-11-26-22-5-3-2-4-19(22)23/h2-12,14-15H,13H2,1H3,(H,26,27). The van der Waals surface area contributed by atoms with Gasteiger partial charge in [0, 0.05) is 47.2 Å². The fourth-order valence-corrected chi connectivity index (χ4v) is 3.54. The van der Waals surface area contributed by atoms with Gasteiger partial charge in [-0.1, -0.05) is 30.3 Å². The lowest BCUT2D eigenvalue weighted by Gasteiger charge is -2.11. The van der Waals surface area contributed by atoms with E-state index in [2.05, 4.69) is 39.6 Å². The molecule has 0 fully saturated rings. The lowest BCUT2D eigenvalue weighted by Crippen LogP contribution is -2.00. The minimum absolute atomic E-state index is 0.725. The van der Waals surface area contributed by atoms with Crippen LogP contribution >= 0.6 is 0 Å². The van der Waals surface area contributed by atoms with Crippen LogP contribution in [-0.2, 0) is 6.54 Å². The van der Waals surface area contributed by atoms with E-state index in [1.54, 1.807) is 0 Å². The number of pyridine rings is 2. The van der Waals surface area contributed by atoms with Crippen molar-refractivity contribution in [3.8, 4) is 11.3 Å². The van der Waals surface area contributed by atoms with E-state index in [9.17, 15) is 0 Å². The quantitative estimate of drug-likeness (QED) is 0.427. The fraction of sp³-hybridized carbons (Fsp3) is 0.0833. The van der Waals surface area contributed by atoms with Gasteiger partial charge in [-0.05, 0) is 48.2 Å². The SMILES string of the molecule is Cc1ccc(-c2cncc3ccc(CNc4ccnc5ccccc45)cc23)o1. The third-order valence-corrected chi connectivity index (χ3v) is 4.96. The number of hydrogen-bond donors (Lipinski definition) is 1. The number of aryl methyl sites for hydroxylation is 1. The monoisotopic (exact) mass is 365 g/mol. The first-order chi connectivity index (χ1) is 13.8. The topological polar surface area (TPSA) is 51.0 Å². The maximum Gasteiger partial charge on any atom is 0.136 e. The molecule has 5 rings (SSSR count). The normalized spacial score (nSPS) is 11.2. The zero-order chi connectivity index (χ0) is 18.9. The zero-order valence-corrected chi connectivity index (χ0v) is 15.5. The third-order valence-electron chi connectivity index (χ3n) is 4.96. The molecule has 3 aromatic heterocycles. The second-order valence-electron chi connectivity index (χ2n) is 6.88. The van der Waals surface area contributed by atoms with E-state index in [1.165, 1.54) is 5.56 Å². The van der Waals surface area contributed by atoms with E-state index in [0.29, 0.717) is 0 Å². The van der Waals surface area contributed by atoms with Gasteiger partial charge in [0.05, 0.1) is 5.52 Å². The van der Waals surface area contributed by atoms with Crippen LogP contribution in [0.5, 0.6) is 0 Å². The molecule has 136 valence electrons. The van der Waals surface area contributed by atoms with Gasteiger partial charge in [-0.15, -0.1) is 0 Å². The minimum Gasteiger partial charge on any atom is -0.461 e. The lowest BCUT2D eigenvalue weighted by atomic mass is 10.0. The number of hydrogen-bond acceptors (Lipinski definition) is 4. The highest BCUT2D eigenvalue weighted by Gasteiger charge is 2.09. The van der Waals surface area contributed by atoms with Gasteiger partial charge < -0.3 is 9.73 Å². The number of para-hydroxylation sites is 1. The molecule has 4 heteroatoms. The summed E-state index contributed by atoms with van der Waals surface area (Å²) in [5.74, 6) is 1.75. The highest BCUT2D eigenvalue weighted by molar-refractivity contribution is 5.95. The molecule has 3 heterocycles. The van der Waals surface area contributed by atoms with Crippen molar-refractivity contribution in [1.82, 2.24) is 9.97 Å². The summed E-state index contributed by atoms with van der Waals surface area (Å²) in [7, 11) is 0. The number of rotatable bonds is 4. The van der Waals surface area contributed by atoms with Crippen LogP contribution in [0, 0.1) is 6.92 Å². The van der Waals surface area contributed by atoms with Gasteiger partial charge in [0.1, 0.15) is 11.5 Å². The van der Waals surface area contributed by atoms with E-state index in [4.69, 9.17) is 4.42 Å². The molecule has 0 aliphatic rings. The van der Waals surface area contributed by atoms with Crippen LogP contribution < -0.4 is 5.32 Å². The number of aromatic nitrogens is 2. The Morgan fingerprint density at radius 3 is 2.75 bits per heavy atom. The van der Waals surface area contributed by atoms with E-state index >= 15 is 0 Å². The van der Waals surface area contributed by atoms with Crippen LogP contribution in [0.25, 0.3) is 33.0 Å². The summed E-state index contributed by atoms with van der Waals surface area (Å²) in [5, 5.41) is 6.92. The van der Waals surface area contributed by atoms with Gasteiger partial charge in [-0.25, -0.2) is 0 Å². The van der Waals surface area contributed by atoms with Crippen LogP contribution in [0.4, 0.5) is 5.69 Å². The summed E-state index contributed by atoms with van der Waals surface area (Å²) in [6.45, 7) is 2.68. The average molecular weight is 365 g/mol. The van der Waals surface area contributed by atoms with Crippen LogP contribution in [-0.4, -0.2) is 9.97 Å². The van der Waals surface area contributed by atoms with Crippen molar-refractivity contribution < 1.29 is 4.42 Å². The van der Waals surface area contributed by atoms with E-state index in [1.807, 2.05) is 61.9 Å². The van der Waals surface area contributed by atoms with Crippen LogP contribution in [0.15, 0.2) is 83.7 Å². The molecule has 0 saturated heterocycles. The molecule has 2 aromatic carbocycles. The summed E-state index contributed by atoms with van der Waals surface area (Å²) in [4.78, 5) is 8.80. The Labute approximate surface area is 162 Å². The highest BCUT2D eigenvalue weighted by atomic mass is 16.3. The predicted octanol–water partition coefficient (Wildman–Crippen LogP) is 5.96. The van der Waals surface area contributed by atoms with Crippen molar-refractivity contribution in [2.75, 3.05) is 5.32 Å². The van der Waals surface area contributed by atoms with Crippen LogP contribution in [0.1, 0.15) is 11.3 Å². The Kier molecular flexibility index (Phi) is 4.02. The van der Waals surface area contributed by atoms with Crippen molar-refractivity contribution >= 4 is 27.4 Å². The van der Waals surface area contributed by atoms with Crippen molar-refractivity contribution in [2.24, 2.45) is 0 Å². The second-order valence-corrected chi connectivity index (χ2v) is 6.88. The summed E-state index contributed by atoms with van der Waals surface area (Å²) in [6, 6.07) is 20.6. The molecule has 0 aliphatic carbocycles. The summed E-state index contributed by atoms with van der Waals surface area (Å²) < 4.78 is 5.83. The van der Waals surface area contributed by atoms with Gasteiger partial charge in [-0.2, -0.15) is 0 Å². The molecule has 0 spiro atoms. The number of furan rings is 1. The molecule has 0 saturated carbocycles. The van der Waals surface area contributed by atoms with Gasteiger partial charge in [0.15, 0.2) is 0 Å². The first kappa shape index (κ1) is 16.5. The Bertz CT molecular complexity index is 1280. The number of nitrogens with zero attached hydrogens (tertiary/aromatic N) is 2. The minimum atomic E-state index is 0.725. The van der Waals surface area contributed by atoms with Crippen LogP contribution in [0.3, 0.4) is 0 Å². The average Bonchev–Trinajstić information content (AvgIpc) is 3.17. The van der Waals surface area contributed by atoms with Crippen molar-refractivity contribution in [2.45, 2.75) is 13.5 Å². The molecule has 1 N–H and O–H groups in total. The molecule has 0 amide bonds. The first-order valence-corrected chi connectivity index (χ1v) is 9.29. The summed E-state index contributed by atoms with van der Waals surface area (Å²) in [6.07, 6.45) is 5.60. The van der Waals surface area contributed by atoms with Crippen LogP contribution in [0.2, 0.25) is 0 Å². The summed E-state index contributed by atoms with van der Waals surface area (Å²) >= 11 is 0. The van der Waals surface area contributed by atoms with Crippen molar-refractivity contribution in [3.63, 3.8) is 0 Å². The number of nitrogens with one attached hydrogen (secondary N) is 1. The lowest BCUT2D eigenvalue weighted by molar-refractivity contribution is 0.548. The molecular weight excluding hydrogens is 346 g/mol. The second kappa shape index (κ2) is 6.82. The van der Waals surface area contributed by atoms with Gasteiger partial charge in [0.25, 0.3) is 0 Å². The van der Waals surface area contributed by atoms with Gasteiger partial charge in [-0.3, -0.25) is 9.97 Å². The molecule has 0 unspecified atom stereocenters. The molecule has 0 aliphatic heterocycles. The maximum atomic E-state index is 5.83. The Balaban J connectivity index is 1.49. The van der Waals surface area contributed by atoms with Crippen molar-refractivity contribution in [3.05, 3.63) is 90.6 Å². The smallest absolute Gasteiger partial charge is 0.136 e. The number of fused-ring (bicyclic) bond motifs is 2. The molecule has 0 bridgehead atoms. The van der Waals surface area contributed by atoms with Crippen molar-refractivity contribution in [1.29, 1.82) is 0 Å². The largest absolute Gasteiger partial charge is 0.461 e.